The van der Waals surface area contributed by atoms with Gasteiger partial charge in [0.15, 0.2) is 0 Å². The van der Waals surface area contributed by atoms with Gasteiger partial charge in [0, 0.05) is 15.6 Å². The maximum Gasteiger partial charge on any atom is 0.251 e. The molecule has 2 N–H and O–H groups in total. The Morgan fingerprint density at radius 3 is 2.67 bits per heavy atom. The molecule has 0 unspecified atom stereocenters. The number of halogens is 1. The maximum atomic E-state index is 12.2. The molecule has 0 saturated carbocycles. The molecule has 1 saturated heterocycles. The third kappa shape index (κ3) is 3.12. The van der Waals surface area contributed by atoms with Gasteiger partial charge in [-0.25, -0.2) is 0 Å². The Kier molecular flexibility index (Phi) is 4.07. The average molecular weight is 311 g/mol. The topological polar surface area (TPSA) is 41.1 Å². The fourth-order valence-corrected chi connectivity index (χ4v) is 2.56. The summed E-state index contributed by atoms with van der Waals surface area (Å²) in [7, 11) is 0. The van der Waals surface area contributed by atoms with Crippen molar-refractivity contribution < 1.29 is 4.79 Å². The molecule has 0 spiro atoms. The van der Waals surface area contributed by atoms with Crippen LogP contribution in [0.3, 0.4) is 0 Å². The van der Waals surface area contributed by atoms with Gasteiger partial charge in [-0.1, -0.05) is 22.0 Å². The summed E-state index contributed by atoms with van der Waals surface area (Å²) in [5.41, 5.74) is 1.77. The molecule has 1 aromatic carbocycles. The number of nitrogens with one attached hydrogen (secondary N) is 2. The summed E-state index contributed by atoms with van der Waals surface area (Å²) in [5, 5.41) is 6.47. The molecule has 3 nitrogen and oxygen atoms in total. The lowest BCUT2D eigenvalue weighted by Gasteiger charge is -2.35. The molecule has 0 bridgehead atoms. The zero-order valence-electron chi connectivity index (χ0n) is 10.8. The van der Waals surface area contributed by atoms with E-state index in [2.05, 4.69) is 33.5 Å². The van der Waals surface area contributed by atoms with E-state index in [1.165, 1.54) is 0 Å². The van der Waals surface area contributed by atoms with Gasteiger partial charge in [-0.15, -0.1) is 0 Å². The highest BCUT2D eigenvalue weighted by Gasteiger charge is 2.28. The Bertz CT molecular complexity index is 453. The standard InChI is InChI=1S/C14H19BrN2O/c1-10-3-4-11(9-12(10)15)13(18)17-14(2)5-7-16-8-6-14/h3-4,9,16H,5-8H2,1-2H3,(H,17,18). The Morgan fingerprint density at radius 2 is 2.06 bits per heavy atom. The monoisotopic (exact) mass is 310 g/mol. The van der Waals surface area contributed by atoms with Gasteiger partial charge in [-0.2, -0.15) is 0 Å². The van der Waals surface area contributed by atoms with Crippen LogP contribution in [0.5, 0.6) is 0 Å². The van der Waals surface area contributed by atoms with Crippen LogP contribution in [0.2, 0.25) is 0 Å². The molecule has 0 aromatic heterocycles. The highest BCUT2D eigenvalue weighted by molar-refractivity contribution is 9.10. The van der Waals surface area contributed by atoms with E-state index >= 15 is 0 Å². The lowest BCUT2D eigenvalue weighted by atomic mass is 9.90. The minimum atomic E-state index is -0.0836. The summed E-state index contributed by atoms with van der Waals surface area (Å²) in [6.45, 7) is 6.07. The van der Waals surface area contributed by atoms with E-state index in [4.69, 9.17) is 0 Å². The Morgan fingerprint density at radius 1 is 1.39 bits per heavy atom. The van der Waals surface area contributed by atoms with E-state index in [1.54, 1.807) is 0 Å². The Labute approximate surface area is 116 Å². The van der Waals surface area contributed by atoms with Gasteiger partial charge in [0.1, 0.15) is 0 Å². The molecule has 98 valence electrons. The number of piperidine rings is 1. The van der Waals surface area contributed by atoms with Crippen LogP contribution in [-0.4, -0.2) is 24.5 Å². The Balaban J connectivity index is 2.09. The lowest BCUT2D eigenvalue weighted by Crippen LogP contribution is -2.52. The van der Waals surface area contributed by atoms with Crippen LogP contribution in [0.15, 0.2) is 22.7 Å². The van der Waals surface area contributed by atoms with Crippen molar-refractivity contribution in [3.8, 4) is 0 Å². The first kappa shape index (κ1) is 13.6. The highest BCUT2D eigenvalue weighted by atomic mass is 79.9. The van der Waals surface area contributed by atoms with Crippen LogP contribution in [0, 0.1) is 6.92 Å². The molecule has 0 aliphatic carbocycles. The lowest BCUT2D eigenvalue weighted by molar-refractivity contribution is 0.0887. The number of hydrogen-bond donors (Lipinski definition) is 2. The molecule has 4 heteroatoms. The van der Waals surface area contributed by atoms with Crippen LogP contribution in [0.25, 0.3) is 0 Å². The number of aryl methyl sites for hydroxylation is 1. The fourth-order valence-electron chi connectivity index (χ4n) is 2.18. The SMILES string of the molecule is Cc1ccc(C(=O)NC2(C)CCNCC2)cc1Br. The molecular weight excluding hydrogens is 292 g/mol. The first-order chi connectivity index (χ1) is 8.50. The number of carbonyl (C=O) groups excluding carboxylic acids is 1. The number of carbonyl (C=O) groups is 1. The molecule has 1 amide bonds. The molecule has 1 fully saturated rings. The maximum absolute atomic E-state index is 12.2. The summed E-state index contributed by atoms with van der Waals surface area (Å²) in [6, 6.07) is 5.72. The minimum absolute atomic E-state index is 0.0140. The largest absolute Gasteiger partial charge is 0.347 e. The van der Waals surface area contributed by atoms with Gasteiger partial charge in [-0.3, -0.25) is 4.79 Å². The third-order valence-corrected chi connectivity index (χ3v) is 4.41. The second-order valence-corrected chi connectivity index (χ2v) is 6.08. The van der Waals surface area contributed by atoms with Gasteiger partial charge < -0.3 is 10.6 Å². The van der Waals surface area contributed by atoms with Crippen LogP contribution in [0.4, 0.5) is 0 Å². The van der Waals surface area contributed by atoms with Gasteiger partial charge in [-0.05, 0) is 57.5 Å². The van der Waals surface area contributed by atoms with Crippen molar-refractivity contribution in [2.24, 2.45) is 0 Å². The minimum Gasteiger partial charge on any atom is -0.347 e. The van der Waals surface area contributed by atoms with Crippen molar-refractivity contribution in [1.82, 2.24) is 10.6 Å². The van der Waals surface area contributed by atoms with Crippen molar-refractivity contribution in [1.29, 1.82) is 0 Å². The zero-order valence-corrected chi connectivity index (χ0v) is 12.4. The predicted octanol–water partition coefficient (Wildman–Crippen LogP) is 2.63. The van der Waals surface area contributed by atoms with Gasteiger partial charge in [0.25, 0.3) is 5.91 Å². The van der Waals surface area contributed by atoms with Crippen LogP contribution >= 0.6 is 15.9 Å². The molecule has 1 aliphatic heterocycles. The molecule has 0 atom stereocenters. The summed E-state index contributed by atoms with van der Waals surface area (Å²) in [6.07, 6.45) is 1.96. The second-order valence-electron chi connectivity index (χ2n) is 5.23. The zero-order chi connectivity index (χ0) is 13.2. The Hall–Kier alpha value is -0.870. The highest BCUT2D eigenvalue weighted by Crippen LogP contribution is 2.20. The van der Waals surface area contributed by atoms with Crippen molar-refractivity contribution >= 4 is 21.8 Å². The van der Waals surface area contributed by atoms with Crippen LogP contribution in [-0.2, 0) is 0 Å². The fraction of sp³-hybridized carbons (Fsp3) is 0.500. The summed E-state index contributed by atoms with van der Waals surface area (Å²) in [5.74, 6) is 0.0140. The van der Waals surface area contributed by atoms with E-state index in [1.807, 2.05) is 25.1 Å². The third-order valence-electron chi connectivity index (χ3n) is 3.56. The van der Waals surface area contributed by atoms with Gasteiger partial charge >= 0.3 is 0 Å². The smallest absolute Gasteiger partial charge is 0.251 e. The summed E-state index contributed by atoms with van der Waals surface area (Å²) in [4.78, 5) is 12.2. The molecule has 2 rings (SSSR count). The van der Waals surface area contributed by atoms with Crippen LogP contribution in [0.1, 0.15) is 35.7 Å². The molecule has 0 radical (unpaired) electrons. The first-order valence-electron chi connectivity index (χ1n) is 6.30. The van der Waals surface area contributed by atoms with Crippen LogP contribution < -0.4 is 10.6 Å². The molecule has 1 aromatic rings. The van der Waals surface area contributed by atoms with Crippen molar-refractivity contribution in [3.05, 3.63) is 33.8 Å². The van der Waals surface area contributed by atoms with Gasteiger partial charge in [0.05, 0.1) is 0 Å². The van der Waals surface area contributed by atoms with E-state index < -0.39 is 0 Å². The second kappa shape index (κ2) is 5.41. The number of rotatable bonds is 2. The number of benzene rings is 1. The summed E-state index contributed by atoms with van der Waals surface area (Å²) >= 11 is 3.46. The van der Waals surface area contributed by atoms with E-state index in [9.17, 15) is 4.79 Å². The van der Waals surface area contributed by atoms with E-state index in [0.29, 0.717) is 5.56 Å². The predicted molar refractivity (Wildman–Crippen MR) is 76.9 cm³/mol. The molecule has 18 heavy (non-hydrogen) atoms. The average Bonchev–Trinajstić information content (AvgIpc) is 2.33. The molecule has 1 heterocycles. The van der Waals surface area contributed by atoms with Crippen molar-refractivity contribution in [2.45, 2.75) is 32.2 Å². The van der Waals surface area contributed by atoms with Crippen molar-refractivity contribution in [3.63, 3.8) is 0 Å². The first-order valence-corrected chi connectivity index (χ1v) is 7.09. The molecular formula is C14H19BrN2O. The van der Waals surface area contributed by atoms with Gasteiger partial charge in [0.2, 0.25) is 0 Å². The number of amides is 1. The van der Waals surface area contributed by atoms with Crippen molar-refractivity contribution in [2.75, 3.05) is 13.1 Å². The van der Waals surface area contributed by atoms with E-state index in [0.717, 1.165) is 36.0 Å². The summed E-state index contributed by atoms with van der Waals surface area (Å²) < 4.78 is 0.977. The van der Waals surface area contributed by atoms with E-state index in [-0.39, 0.29) is 11.4 Å². The number of hydrogen-bond acceptors (Lipinski definition) is 2. The quantitative estimate of drug-likeness (QED) is 0.881. The molecule has 1 aliphatic rings. The normalized spacial score (nSPS) is 18.4.